The van der Waals surface area contributed by atoms with Gasteiger partial charge in [-0.3, -0.25) is 4.79 Å². The van der Waals surface area contributed by atoms with Gasteiger partial charge in [-0.25, -0.2) is 9.18 Å². The molecule has 4 aromatic rings. The molecule has 0 radical (unpaired) electrons. The molecule has 0 unspecified atom stereocenters. The smallest absolute Gasteiger partial charge is 0.415 e. The Balaban J connectivity index is 1.74. The van der Waals surface area contributed by atoms with Crippen molar-refractivity contribution >= 4 is 28.6 Å². The number of furan rings is 1. The molecule has 35 heavy (non-hydrogen) atoms. The number of rotatable bonds is 7. The predicted molar refractivity (Wildman–Crippen MR) is 133 cm³/mol. The molecule has 0 saturated heterocycles. The van der Waals surface area contributed by atoms with E-state index in [9.17, 15) is 14.0 Å². The van der Waals surface area contributed by atoms with E-state index in [1.807, 2.05) is 36.7 Å². The molecule has 0 spiro atoms. The van der Waals surface area contributed by atoms with Crippen molar-refractivity contribution in [3.8, 4) is 5.75 Å². The summed E-state index contributed by atoms with van der Waals surface area (Å²) >= 11 is 0. The van der Waals surface area contributed by atoms with Gasteiger partial charge in [-0.05, 0) is 69.7 Å². The van der Waals surface area contributed by atoms with Crippen molar-refractivity contribution in [3.63, 3.8) is 0 Å². The standard InChI is InChI=1S/C27H28FN3O4/c1-5-30(6-2)27(33)35-24-12-11-23-21(13-14-31(23)16-19-7-9-20(28)10-8-19)25(24)29-26(32)22-15-17(3)34-18(22)4/h7-15H,5-6,16H2,1-4H3,(H,29,32). The SMILES string of the molecule is CCN(CC)C(=O)Oc1ccc2c(ccn2Cc2ccc(F)cc2)c1NC(=O)c1cc(C)oc1C. The highest BCUT2D eigenvalue weighted by atomic mass is 19.1. The second-order valence-corrected chi connectivity index (χ2v) is 8.26. The predicted octanol–water partition coefficient (Wildman–Crippen LogP) is 6.13. The van der Waals surface area contributed by atoms with Crippen molar-refractivity contribution in [3.05, 3.63) is 83.2 Å². The minimum absolute atomic E-state index is 0.250. The van der Waals surface area contributed by atoms with E-state index < -0.39 is 6.09 Å². The van der Waals surface area contributed by atoms with Crippen LogP contribution in [-0.2, 0) is 6.54 Å². The second kappa shape index (κ2) is 10.0. The number of hydrogen-bond acceptors (Lipinski definition) is 4. The molecule has 8 heteroatoms. The van der Waals surface area contributed by atoms with E-state index in [1.54, 1.807) is 43.0 Å². The number of carbonyl (C=O) groups excluding carboxylic acids is 2. The zero-order chi connectivity index (χ0) is 25.1. The number of aromatic nitrogens is 1. The highest BCUT2D eigenvalue weighted by Gasteiger charge is 2.21. The van der Waals surface area contributed by atoms with E-state index in [0.717, 1.165) is 11.1 Å². The first-order chi connectivity index (χ1) is 16.8. The molecule has 2 aromatic carbocycles. The molecule has 2 heterocycles. The number of nitrogens with zero attached hydrogens (tertiary/aromatic N) is 2. The fourth-order valence-corrected chi connectivity index (χ4v) is 4.07. The fourth-order valence-electron chi connectivity index (χ4n) is 4.07. The van der Waals surface area contributed by atoms with Crippen LogP contribution in [0.1, 0.15) is 41.3 Å². The Bertz CT molecular complexity index is 1370. The van der Waals surface area contributed by atoms with Crippen LogP contribution in [0.4, 0.5) is 14.9 Å². The summed E-state index contributed by atoms with van der Waals surface area (Å²) in [6.07, 6.45) is 1.39. The van der Waals surface area contributed by atoms with Crippen molar-refractivity contribution < 1.29 is 23.1 Å². The number of benzene rings is 2. The summed E-state index contributed by atoms with van der Waals surface area (Å²) in [6, 6.07) is 13.4. The van der Waals surface area contributed by atoms with Gasteiger partial charge < -0.3 is 23.9 Å². The van der Waals surface area contributed by atoms with Crippen LogP contribution in [0.15, 0.2) is 59.1 Å². The Morgan fingerprint density at radius 1 is 1.06 bits per heavy atom. The number of carbonyl (C=O) groups is 2. The number of fused-ring (bicyclic) bond motifs is 1. The van der Waals surface area contributed by atoms with Gasteiger partial charge in [0.05, 0.1) is 16.8 Å². The Morgan fingerprint density at radius 3 is 2.40 bits per heavy atom. The third-order valence-corrected chi connectivity index (χ3v) is 5.92. The first kappa shape index (κ1) is 24.1. The monoisotopic (exact) mass is 477 g/mol. The number of anilines is 1. The summed E-state index contributed by atoms with van der Waals surface area (Å²) in [6.45, 7) is 8.75. The highest BCUT2D eigenvalue weighted by molar-refractivity contribution is 6.11. The van der Waals surface area contributed by atoms with Crippen LogP contribution in [0.5, 0.6) is 5.75 Å². The molecule has 4 rings (SSSR count). The van der Waals surface area contributed by atoms with Crippen LogP contribution in [0.25, 0.3) is 10.9 Å². The molecule has 182 valence electrons. The van der Waals surface area contributed by atoms with E-state index in [4.69, 9.17) is 9.15 Å². The van der Waals surface area contributed by atoms with Crippen LogP contribution in [0.2, 0.25) is 0 Å². The van der Waals surface area contributed by atoms with E-state index in [1.165, 1.54) is 12.1 Å². The van der Waals surface area contributed by atoms with Crippen molar-refractivity contribution in [2.45, 2.75) is 34.2 Å². The van der Waals surface area contributed by atoms with Gasteiger partial charge >= 0.3 is 6.09 Å². The summed E-state index contributed by atoms with van der Waals surface area (Å²) in [4.78, 5) is 27.4. The first-order valence-corrected chi connectivity index (χ1v) is 11.5. The molecule has 0 aliphatic rings. The molecule has 0 bridgehead atoms. The first-order valence-electron chi connectivity index (χ1n) is 11.5. The molecular formula is C27H28FN3O4. The molecule has 7 nitrogen and oxygen atoms in total. The van der Waals surface area contributed by atoms with Crippen molar-refractivity contribution in [1.29, 1.82) is 0 Å². The summed E-state index contributed by atoms with van der Waals surface area (Å²) in [5.74, 6) is 0.728. The van der Waals surface area contributed by atoms with Crippen molar-refractivity contribution in [2.24, 2.45) is 0 Å². The van der Waals surface area contributed by atoms with Gasteiger partial charge in [0.15, 0.2) is 5.75 Å². The molecule has 0 fully saturated rings. The van der Waals surface area contributed by atoms with Gasteiger partial charge in [-0.15, -0.1) is 0 Å². The third-order valence-electron chi connectivity index (χ3n) is 5.92. The third kappa shape index (κ3) is 5.06. The van der Waals surface area contributed by atoms with E-state index in [0.29, 0.717) is 47.8 Å². The van der Waals surface area contributed by atoms with E-state index in [2.05, 4.69) is 5.32 Å². The molecule has 1 N–H and O–H groups in total. The lowest BCUT2D eigenvalue weighted by atomic mass is 10.1. The van der Waals surface area contributed by atoms with Crippen molar-refractivity contribution in [1.82, 2.24) is 9.47 Å². The number of halogens is 1. The van der Waals surface area contributed by atoms with Crippen LogP contribution >= 0.6 is 0 Å². The number of amides is 2. The largest absolute Gasteiger partial charge is 0.466 e. The highest BCUT2D eigenvalue weighted by Crippen LogP contribution is 2.35. The number of hydrogen-bond donors (Lipinski definition) is 1. The lowest BCUT2D eigenvalue weighted by Gasteiger charge is -2.20. The summed E-state index contributed by atoms with van der Waals surface area (Å²) in [5.41, 5.74) is 2.55. The van der Waals surface area contributed by atoms with Gasteiger partial charge in [0.25, 0.3) is 5.91 Å². The normalized spacial score (nSPS) is 11.0. The Hall–Kier alpha value is -4.07. The zero-order valence-electron chi connectivity index (χ0n) is 20.2. The maximum Gasteiger partial charge on any atom is 0.415 e. The Morgan fingerprint density at radius 2 is 1.77 bits per heavy atom. The molecule has 0 saturated carbocycles. The van der Waals surface area contributed by atoms with Gasteiger partial charge in [-0.1, -0.05) is 12.1 Å². The summed E-state index contributed by atoms with van der Waals surface area (Å²) in [5, 5.41) is 3.64. The minimum atomic E-state index is -0.495. The van der Waals surface area contributed by atoms with Crippen LogP contribution in [0.3, 0.4) is 0 Å². The number of nitrogens with one attached hydrogen (secondary N) is 1. The van der Waals surface area contributed by atoms with Gasteiger partial charge in [0, 0.05) is 31.2 Å². The lowest BCUT2D eigenvalue weighted by molar-refractivity contribution is 0.102. The molecular weight excluding hydrogens is 449 g/mol. The quantitative estimate of drug-likeness (QED) is 0.347. The average molecular weight is 478 g/mol. The van der Waals surface area contributed by atoms with Crippen LogP contribution in [-0.4, -0.2) is 34.6 Å². The second-order valence-electron chi connectivity index (χ2n) is 8.26. The van der Waals surface area contributed by atoms with Crippen molar-refractivity contribution in [2.75, 3.05) is 18.4 Å². The summed E-state index contributed by atoms with van der Waals surface area (Å²) in [7, 11) is 0. The van der Waals surface area contributed by atoms with Gasteiger partial charge in [-0.2, -0.15) is 0 Å². The molecule has 0 atom stereocenters. The van der Waals surface area contributed by atoms with Crippen LogP contribution < -0.4 is 10.1 Å². The number of aryl methyl sites for hydroxylation is 2. The Kier molecular flexibility index (Phi) is 6.91. The van der Waals surface area contributed by atoms with E-state index >= 15 is 0 Å². The summed E-state index contributed by atoms with van der Waals surface area (Å²) < 4.78 is 26.5. The van der Waals surface area contributed by atoms with Crippen LogP contribution in [0, 0.1) is 19.7 Å². The lowest BCUT2D eigenvalue weighted by Crippen LogP contribution is -2.33. The molecule has 2 amide bonds. The fraction of sp³-hybridized carbons (Fsp3) is 0.259. The molecule has 0 aliphatic carbocycles. The average Bonchev–Trinajstić information content (AvgIpc) is 3.39. The molecule has 0 aliphatic heterocycles. The Labute approximate surface area is 203 Å². The van der Waals surface area contributed by atoms with Gasteiger partial charge in [0.2, 0.25) is 0 Å². The van der Waals surface area contributed by atoms with Gasteiger partial charge in [0.1, 0.15) is 17.3 Å². The number of ether oxygens (including phenoxy) is 1. The maximum atomic E-state index is 13.3. The molecule has 2 aromatic heterocycles. The maximum absolute atomic E-state index is 13.3. The van der Waals surface area contributed by atoms with E-state index in [-0.39, 0.29) is 17.5 Å². The topological polar surface area (TPSA) is 76.7 Å². The minimum Gasteiger partial charge on any atom is -0.466 e. The zero-order valence-corrected chi connectivity index (χ0v) is 20.2.